The van der Waals surface area contributed by atoms with Crippen LogP contribution >= 0.6 is 0 Å². The van der Waals surface area contributed by atoms with Crippen LogP contribution in [-0.2, 0) is 0 Å². The quantitative estimate of drug-likeness (QED) is 0.256. The fourth-order valence-electron chi connectivity index (χ4n) is 3.71. The fraction of sp³-hybridized carbons (Fsp3) is 0.111. The van der Waals surface area contributed by atoms with Crippen molar-refractivity contribution < 1.29 is 9.47 Å². The number of hydrogen-bond acceptors (Lipinski definition) is 6. The van der Waals surface area contributed by atoms with Crippen molar-refractivity contribution in [3.8, 4) is 23.0 Å². The summed E-state index contributed by atoms with van der Waals surface area (Å²) in [4.78, 5) is 0. The van der Waals surface area contributed by atoms with E-state index in [1.165, 1.54) is 11.1 Å². The second-order valence-corrected chi connectivity index (χ2v) is 7.88. The SMILES string of the molecule is CCC(c1ccc(Oc2ccc(N)c(N)c2)cc1)c1ccc(Oc2ccc(N)c(N)c2)cc1. The smallest absolute Gasteiger partial charge is 0.129 e. The lowest BCUT2D eigenvalue weighted by Gasteiger charge is -2.17. The molecule has 0 radical (unpaired) electrons. The molecule has 0 aliphatic rings. The molecule has 0 aliphatic heterocycles. The maximum atomic E-state index is 5.91. The summed E-state index contributed by atoms with van der Waals surface area (Å²) in [5.74, 6) is 3.04. The van der Waals surface area contributed by atoms with Crippen LogP contribution in [0.5, 0.6) is 23.0 Å². The number of benzene rings is 4. The molecule has 33 heavy (non-hydrogen) atoms. The molecule has 4 aromatic rings. The van der Waals surface area contributed by atoms with Crippen LogP contribution in [0.1, 0.15) is 30.4 Å². The Morgan fingerprint density at radius 1 is 0.515 bits per heavy atom. The molecule has 0 amide bonds. The average molecular weight is 441 g/mol. The van der Waals surface area contributed by atoms with Crippen molar-refractivity contribution in [2.45, 2.75) is 19.3 Å². The van der Waals surface area contributed by atoms with Gasteiger partial charge in [0.05, 0.1) is 22.7 Å². The highest BCUT2D eigenvalue weighted by Crippen LogP contribution is 2.33. The monoisotopic (exact) mass is 440 g/mol. The van der Waals surface area contributed by atoms with Crippen LogP contribution in [0.4, 0.5) is 22.7 Å². The summed E-state index contributed by atoms with van der Waals surface area (Å²) in [6, 6.07) is 26.7. The number of anilines is 4. The Balaban J connectivity index is 1.46. The molecule has 0 heterocycles. The van der Waals surface area contributed by atoms with Crippen LogP contribution in [0.25, 0.3) is 0 Å². The van der Waals surface area contributed by atoms with Gasteiger partial charge in [-0.25, -0.2) is 0 Å². The molecule has 0 aromatic heterocycles. The highest BCUT2D eigenvalue weighted by Gasteiger charge is 2.13. The lowest BCUT2D eigenvalue weighted by molar-refractivity contribution is 0.482. The van der Waals surface area contributed by atoms with Gasteiger partial charge in [-0.05, 0) is 66.1 Å². The van der Waals surface area contributed by atoms with E-state index in [9.17, 15) is 0 Å². The average Bonchev–Trinajstić information content (AvgIpc) is 2.81. The van der Waals surface area contributed by atoms with Gasteiger partial charge in [-0.3, -0.25) is 0 Å². The predicted molar refractivity (Wildman–Crippen MR) is 136 cm³/mol. The van der Waals surface area contributed by atoms with Crippen molar-refractivity contribution in [1.29, 1.82) is 0 Å². The fourth-order valence-corrected chi connectivity index (χ4v) is 3.71. The number of nitrogens with two attached hydrogens (primary N) is 4. The first-order chi connectivity index (χ1) is 15.9. The van der Waals surface area contributed by atoms with Crippen molar-refractivity contribution in [3.63, 3.8) is 0 Å². The Morgan fingerprint density at radius 3 is 1.21 bits per heavy atom. The van der Waals surface area contributed by atoms with Gasteiger partial charge < -0.3 is 32.4 Å². The number of nitrogen functional groups attached to an aromatic ring is 4. The van der Waals surface area contributed by atoms with E-state index in [0.717, 1.165) is 17.9 Å². The van der Waals surface area contributed by atoms with Gasteiger partial charge in [0.1, 0.15) is 23.0 Å². The van der Waals surface area contributed by atoms with Crippen molar-refractivity contribution in [2.24, 2.45) is 0 Å². The molecule has 0 aliphatic carbocycles. The predicted octanol–water partition coefficient (Wildman–Crippen LogP) is 6.14. The zero-order chi connectivity index (χ0) is 23.4. The molecule has 4 rings (SSSR count). The van der Waals surface area contributed by atoms with Crippen LogP contribution < -0.4 is 32.4 Å². The summed E-state index contributed by atoms with van der Waals surface area (Å²) >= 11 is 0. The molecule has 0 atom stereocenters. The van der Waals surface area contributed by atoms with Gasteiger partial charge in [-0.1, -0.05) is 31.2 Å². The largest absolute Gasteiger partial charge is 0.457 e. The second kappa shape index (κ2) is 9.44. The van der Waals surface area contributed by atoms with Crippen LogP contribution in [0.3, 0.4) is 0 Å². The van der Waals surface area contributed by atoms with Crippen molar-refractivity contribution >= 4 is 22.7 Å². The molecule has 6 nitrogen and oxygen atoms in total. The molecule has 0 saturated heterocycles. The summed E-state index contributed by atoms with van der Waals surface area (Å²) in [7, 11) is 0. The lowest BCUT2D eigenvalue weighted by Crippen LogP contribution is -2.00. The molecule has 0 bridgehead atoms. The van der Waals surface area contributed by atoms with Gasteiger partial charge in [0.25, 0.3) is 0 Å². The zero-order valence-corrected chi connectivity index (χ0v) is 18.5. The van der Waals surface area contributed by atoms with E-state index in [0.29, 0.717) is 34.2 Å². The number of hydrogen-bond donors (Lipinski definition) is 4. The van der Waals surface area contributed by atoms with E-state index in [2.05, 4.69) is 31.2 Å². The maximum absolute atomic E-state index is 5.91. The van der Waals surface area contributed by atoms with Gasteiger partial charge in [-0.2, -0.15) is 0 Å². The lowest BCUT2D eigenvalue weighted by atomic mass is 9.89. The van der Waals surface area contributed by atoms with Gasteiger partial charge in [0, 0.05) is 18.1 Å². The van der Waals surface area contributed by atoms with Crippen LogP contribution in [0, 0.1) is 0 Å². The minimum absolute atomic E-state index is 0.257. The van der Waals surface area contributed by atoms with Gasteiger partial charge in [-0.15, -0.1) is 0 Å². The summed E-state index contributed by atoms with van der Waals surface area (Å²) in [5, 5.41) is 0. The molecule has 6 heteroatoms. The molecular weight excluding hydrogens is 412 g/mol. The normalized spacial score (nSPS) is 10.8. The molecule has 0 saturated carbocycles. The Labute approximate surface area is 193 Å². The van der Waals surface area contributed by atoms with Gasteiger partial charge >= 0.3 is 0 Å². The van der Waals surface area contributed by atoms with E-state index in [1.807, 2.05) is 24.3 Å². The van der Waals surface area contributed by atoms with Crippen molar-refractivity contribution in [1.82, 2.24) is 0 Å². The number of ether oxygens (including phenoxy) is 2. The molecular formula is C27H28N4O2. The standard InChI is InChI=1S/C27H28N4O2/c1-2-23(17-3-7-19(8-4-17)32-21-11-13-24(28)26(30)15-21)18-5-9-20(10-6-18)33-22-12-14-25(29)27(31)16-22/h3-16,23H,2,28-31H2,1H3. The van der Waals surface area contributed by atoms with E-state index < -0.39 is 0 Å². The Hall–Kier alpha value is -4.32. The molecule has 0 fully saturated rings. The van der Waals surface area contributed by atoms with Gasteiger partial charge in [0.2, 0.25) is 0 Å². The first-order valence-electron chi connectivity index (χ1n) is 10.8. The van der Waals surface area contributed by atoms with E-state index in [-0.39, 0.29) is 5.92 Å². The molecule has 168 valence electrons. The van der Waals surface area contributed by atoms with Crippen molar-refractivity contribution in [2.75, 3.05) is 22.9 Å². The zero-order valence-electron chi connectivity index (χ0n) is 18.5. The van der Waals surface area contributed by atoms with Gasteiger partial charge in [0.15, 0.2) is 0 Å². The molecule has 0 spiro atoms. The molecule has 4 aromatic carbocycles. The van der Waals surface area contributed by atoms with Crippen LogP contribution in [0.2, 0.25) is 0 Å². The topological polar surface area (TPSA) is 123 Å². The first-order valence-corrected chi connectivity index (χ1v) is 10.8. The summed E-state index contributed by atoms with van der Waals surface area (Å²) in [6.07, 6.45) is 0.962. The highest BCUT2D eigenvalue weighted by molar-refractivity contribution is 5.66. The van der Waals surface area contributed by atoms with E-state index in [1.54, 1.807) is 36.4 Å². The summed E-state index contributed by atoms with van der Waals surface area (Å²) in [5.41, 5.74) is 27.8. The van der Waals surface area contributed by atoms with Crippen LogP contribution in [-0.4, -0.2) is 0 Å². The third-order valence-electron chi connectivity index (χ3n) is 5.56. The van der Waals surface area contributed by atoms with Crippen molar-refractivity contribution in [3.05, 3.63) is 96.1 Å². The molecule has 0 unspecified atom stereocenters. The highest BCUT2D eigenvalue weighted by atomic mass is 16.5. The molecule has 8 N–H and O–H groups in total. The maximum Gasteiger partial charge on any atom is 0.129 e. The second-order valence-electron chi connectivity index (χ2n) is 7.88. The minimum atomic E-state index is 0.257. The van der Waals surface area contributed by atoms with E-state index >= 15 is 0 Å². The summed E-state index contributed by atoms with van der Waals surface area (Å²) in [6.45, 7) is 2.17. The number of rotatable bonds is 7. The van der Waals surface area contributed by atoms with Crippen LogP contribution in [0.15, 0.2) is 84.9 Å². The summed E-state index contributed by atoms with van der Waals surface area (Å²) < 4.78 is 11.8. The minimum Gasteiger partial charge on any atom is -0.457 e. The third-order valence-corrected chi connectivity index (χ3v) is 5.56. The third kappa shape index (κ3) is 5.13. The Bertz CT molecular complexity index is 1140. The Kier molecular flexibility index (Phi) is 6.26. The Morgan fingerprint density at radius 2 is 0.879 bits per heavy atom. The first kappa shape index (κ1) is 21.9. The van der Waals surface area contributed by atoms with E-state index in [4.69, 9.17) is 32.4 Å².